The van der Waals surface area contributed by atoms with Gasteiger partial charge in [0.05, 0.1) is 11.3 Å². The number of para-hydroxylation sites is 1. The average Bonchev–Trinajstić information content (AvgIpc) is 2.80. The summed E-state index contributed by atoms with van der Waals surface area (Å²) in [5.74, 6) is 0.145. The maximum Gasteiger partial charge on any atom is 0.307 e. The molecule has 0 saturated carbocycles. The lowest BCUT2D eigenvalue weighted by atomic mass is 9.95. The zero-order valence-electron chi connectivity index (χ0n) is 20.6. The number of anilines is 1. The van der Waals surface area contributed by atoms with Crippen LogP contribution in [0, 0.1) is 34.6 Å². The van der Waals surface area contributed by atoms with E-state index in [1.807, 2.05) is 34.6 Å². The Labute approximate surface area is 206 Å². The maximum absolute atomic E-state index is 13.2. The first kappa shape index (κ1) is 26.1. The van der Waals surface area contributed by atoms with Crippen molar-refractivity contribution in [2.45, 2.75) is 45.9 Å². The number of carbonyl (C=O) groups is 1. The summed E-state index contributed by atoms with van der Waals surface area (Å²) >= 11 is 0. The molecule has 7 nitrogen and oxygen atoms in total. The number of hydrogen-bond donors (Lipinski definition) is 2. The van der Waals surface area contributed by atoms with Crippen LogP contribution in [0.5, 0.6) is 11.5 Å². The Morgan fingerprint density at radius 1 is 0.800 bits per heavy atom. The van der Waals surface area contributed by atoms with Crippen molar-refractivity contribution in [3.05, 3.63) is 81.9 Å². The van der Waals surface area contributed by atoms with Gasteiger partial charge in [-0.15, -0.1) is 0 Å². The topological polar surface area (TPSA) is 102 Å². The molecule has 0 heterocycles. The molecule has 3 aromatic rings. The molecule has 2 N–H and O–H groups in total. The Balaban J connectivity index is 1.62. The van der Waals surface area contributed by atoms with Crippen LogP contribution in [-0.2, 0) is 21.2 Å². The summed E-state index contributed by atoms with van der Waals surface area (Å²) in [5.41, 5.74) is 5.60. The van der Waals surface area contributed by atoms with Gasteiger partial charge in [-0.05, 0) is 92.8 Å². The molecule has 0 fully saturated rings. The van der Waals surface area contributed by atoms with Crippen molar-refractivity contribution in [2.75, 3.05) is 17.9 Å². The van der Waals surface area contributed by atoms with Crippen LogP contribution in [0.3, 0.4) is 0 Å². The van der Waals surface area contributed by atoms with Crippen LogP contribution in [0.4, 0.5) is 5.69 Å². The van der Waals surface area contributed by atoms with Gasteiger partial charge in [0.2, 0.25) is 0 Å². The number of nitrogens with one attached hydrogen (secondary N) is 1. The predicted molar refractivity (Wildman–Crippen MR) is 136 cm³/mol. The van der Waals surface area contributed by atoms with Crippen LogP contribution in [0.15, 0.2) is 53.4 Å². The first-order chi connectivity index (χ1) is 16.5. The molecule has 0 aliphatic heterocycles. The van der Waals surface area contributed by atoms with Gasteiger partial charge in [0, 0.05) is 11.3 Å². The summed E-state index contributed by atoms with van der Waals surface area (Å²) in [7, 11) is -3.77. The fourth-order valence-corrected chi connectivity index (χ4v) is 5.62. The van der Waals surface area contributed by atoms with Gasteiger partial charge in [0.15, 0.2) is 0 Å². The molecule has 0 amide bonds. The molecule has 3 rings (SSSR count). The van der Waals surface area contributed by atoms with Gasteiger partial charge in [-0.1, -0.05) is 18.2 Å². The third-order valence-electron chi connectivity index (χ3n) is 6.23. The monoisotopic (exact) mass is 497 g/mol. The summed E-state index contributed by atoms with van der Waals surface area (Å²) in [5, 5.41) is 9.01. The van der Waals surface area contributed by atoms with E-state index in [9.17, 15) is 13.2 Å². The van der Waals surface area contributed by atoms with Gasteiger partial charge in [0.25, 0.3) is 10.0 Å². The Morgan fingerprint density at radius 2 is 1.34 bits per heavy atom. The second-order valence-corrected chi connectivity index (χ2v) is 10.1. The van der Waals surface area contributed by atoms with Gasteiger partial charge < -0.3 is 14.6 Å². The van der Waals surface area contributed by atoms with E-state index < -0.39 is 16.0 Å². The minimum absolute atomic E-state index is 0.116. The molecule has 0 spiro atoms. The van der Waals surface area contributed by atoms with E-state index in [4.69, 9.17) is 14.6 Å². The third-order valence-corrected chi connectivity index (χ3v) is 7.88. The Kier molecular flexibility index (Phi) is 8.07. The van der Waals surface area contributed by atoms with Gasteiger partial charge in [0.1, 0.15) is 24.7 Å². The molecule has 0 radical (unpaired) electrons. The number of ether oxygens (including phenoxy) is 2. The molecule has 8 heteroatoms. The minimum atomic E-state index is -3.77. The van der Waals surface area contributed by atoms with Crippen LogP contribution < -0.4 is 14.2 Å². The highest BCUT2D eigenvalue weighted by Crippen LogP contribution is 2.31. The van der Waals surface area contributed by atoms with Gasteiger partial charge >= 0.3 is 5.97 Å². The van der Waals surface area contributed by atoms with E-state index >= 15 is 0 Å². The standard InChI is InChI=1S/C27H31NO6S/c1-17-18(2)20(4)27(21(5)19(17)3)35(31,32)28-23-10-12-24(13-11-23)33-14-15-34-25-9-7-6-8-22(25)16-26(29)30/h6-13,28H,14-16H2,1-5H3,(H,29,30). The Hall–Kier alpha value is -3.52. The van der Waals surface area contributed by atoms with E-state index in [-0.39, 0.29) is 19.6 Å². The average molecular weight is 498 g/mol. The first-order valence-electron chi connectivity index (χ1n) is 11.3. The fourth-order valence-electron chi connectivity index (χ4n) is 3.96. The zero-order valence-corrected chi connectivity index (χ0v) is 21.5. The predicted octanol–water partition coefficient (Wildman–Crippen LogP) is 5.11. The van der Waals surface area contributed by atoms with Crippen molar-refractivity contribution in [1.29, 1.82) is 0 Å². The highest BCUT2D eigenvalue weighted by Gasteiger charge is 2.23. The molecule has 0 aliphatic rings. The van der Waals surface area contributed by atoms with Gasteiger partial charge in [-0.3, -0.25) is 9.52 Å². The highest BCUT2D eigenvalue weighted by atomic mass is 32.2. The SMILES string of the molecule is Cc1c(C)c(C)c(S(=O)(=O)Nc2ccc(OCCOc3ccccc3CC(=O)O)cc2)c(C)c1C. The van der Waals surface area contributed by atoms with Crippen LogP contribution >= 0.6 is 0 Å². The molecule has 3 aromatic carbocycles. The Bertz CT molecular complexity index is 1300. The number of rotatable bonds is 10. The number of carboxylic acid groups (broad SMARTS) is 1. The number of hydrogen-bond acceptors (Lipinski definition) is 5. The number of aliphatic carboxylic acids is 1. The van der Waals surface area contributed by atoms with E-state index in [1.165, 1.54) is 0 Å². The van der Waals surface area contributed by atoms with Crippen molar-refractivity contribution in [3.8, 4) is 11.5 Å². The largest absolute Gasteiger partial charge is 0.490 e. The van der Waals surface area contributed by atoms with E-state index in [1.54, 1.807) is 48.5 Å². The lowest BCUT2D eigenvalue weighted by Gasteiger charge is -2.19. The van der Waals surface area contributed by atoms with Crippen molar-refractivity contribution in [2.24, 2.45) is 0 Å². The van der Waals surface area contributed by atoms with Crippen molar-refractivity contribution in [3.63, 3.8) is 0 Å². The summed E-state index contributed by atoms with van der Waals surface area (Å²) in [6.45, 7) is 10.0. The Morgan fingerprint density at radius 3 is 1.94 bits per heavy atom. The molecule has 0 aromatic heterocycles. The van der Waals surface area contributed by atoms with Crippen LogP contribution in [0.1, 0.15) is 33.4 Å². The minimum Gasteiger partial charge on any atom is -0.490 e. The normalized spacial score (nSPS) is 11.2. The summed E-state index contributed by atoms with van der Waals surface area (Å²) in [6, 6.07) is 13.6. The van der Waals surface area contributed by atoms with Crippen molar-refractivity contribution in [1.82, 2.24) is 0 Å². The quantitative estimate of drug-likeness (QED) is 0.377. The first-order valence-corrected chi connectivity index (χ1v) is 12.7. The second-order valence-electron chi connectivity index (χ2n) is 8.46. The number of benzene rings is 3. The number of carboxylic acids is 1. The number of sulfonamides is 1. The van der Waals surface area contributed by atoms with E-state index in [2.05, 4.69) is 4.72 Å². The van der Waals surface area contributed by atoms with Crippen LogP contribution in [0.2, 0.25) is 0 Å². The van der Waals surface area contributed by atoms with Gasteiger partial charge in [-0.2, -0.15) is 0 Å². The lowest BCUT2D eigenvalue weighted by molar-refractivity contribution is -0.136. The van der Waals surface area contributed by atoms with Crippen molar-refractivity contribution < 1.29 is 27.8 Å². The molecule has 186 valence electrons. The zero-order chi connectivity index (χ0) is 25.8. The molecule has 0 bridgehead atoms. The third kappa shape index (κ3) is 6.14. The highest BCUT2D eigenvalue weighted by molar-refractivity contribution is 7.92. The molecular formula is C27H31NO6S. The van der Waals surface area contributed by atoms with Crippen LogP contribution in [-0.4, -0.2) is 32.7 Å². The molecule has 0 atom stereocenters. The molecular weight excluding hydrogens is 466 g/mol. The molecule has 0 saturated heterocycles. The summed E-state index contributed by atoms with van der Waals surface area (Å²) < 4.78 is 40.4. The van der Waals surface area contributed by atoms with Crippen molar-refractivity contribution >= 4 is 21.7 Å². The summed E-state index contributed by atoms with van der Waals surface area (Å²) in [4.78, 5) is 11.3. The van der Waals surface area contributed by atoms with E-state index in [0.29, 0.717) is 27.6 Å². The van der Waals surface area contributed by atoms with Crippen LogP contribution in [0.25, 0.3) is 0 Å². The summed E-state index contributed by atoms with van der Waals surface area (Å²) in [6.07, 6.45) is -0.116. The second kappa shape index (κ2) is 10.8. The van der Waals surface area contributed by atoms with Gasteiger partial charge in [-0.25, -0.2) is 8.42 Å². The molecule has 0 aliphatic carbocycles. The lowest BCUT2D eigenvalue weighted by Crippen LogP contribution is -2.17. The molecule has 35 heavy (non-hydrogen) atoms. The van der Waals surface area contributed by atoms with E-state index in [0.717, 1.165) is 27.8 Å². The smallest absolute Gasteiger partial charge is 0.307 e. The fraction of sp³-hybridized carbons (Fsp3) is 0.296. The maximum atomic E-state index is 13.2. The molecule has 0 unspecified atom stereocenters.